The van der Waals surface area contributed by atoms with Crippen LogP contribution in [-0.4, -0.2) is 21.4 Å². The van der Waals surface area contributed by atoms with Crippen molar-refractivity contribution in [2.75, 3.05) is 5.32 Å². The molecular weight excluding hydrogens is 340 g/mol. The van der Waals surface area contributed by atoms with Gasteiger partial charge in [0, 0.05) is 18.7 Å². The highest BCUT2D eigenvalue weighted by atomic mass is 16.2. The molecular formula is C21H20N4O2. The summed E-state index contributed by atoms with van der Waals surface area (Å²) in [7, 11) is 0. The molecule has 6 nitrogen and oxygen atoms in total. The van der Waals surface area contributed by atoms with E-state index in [4.69, 9.17) is 5.73 Å². The Morgan fingerprint density at radius 3 is 2.74 bits per heavy atom. The quantitative estimate of drug-likeness (QED) is 0.705. The summed E-state index contributed by atoms with van der Waals surface area (Å²) in [5.41, 5.74) is 11.2. The van der Waals surface area contributed by atoms with Crippen molar-refractivity contribution in [3.05, 3.63) is 82.9 Å². The van der Waals surface area contributed by atoms with Crippen molar-refractivity contribution in [1.82, 2.24) is 9.55 Å². The zero-order valence-electron chi connectivity index (χ0n) is 14.8. The summed E-state index contributed by atoms with van der Waals surface area (Å²) in [5.74, 6) is -0.364. The lowest BCUT2D eigenvalue weighted by Gasteiger charge is -2.10. The third-order valence-corrected chi connectivity index (χ3v) is 4.74. The number of amides is 2. The number of aromatic nitrogens is 2. The van der Waals surface area contributed by atoms with Crippen LogP contribution in [0.1, 0.15) is 28.1 Å². The molecule has 27 heavy (non-hydrogen) atoms. The van der Waals surface area contributed by atoms with E-state index in [0.717, 1.165) is 33.8 Å². The van der Waals surface area contributed by atoms with Crippen LogP contribution in [0.4, 0.5) is 5.69 Å². The Kier molecular flexibility index (Phi) is 4.46. The van der Waals surface area contributed by atoms with E-state index in [-0.39, 0.29) is 18.2 Å². The van der Waals surface area contributed by atoms with E-state index in [9.17, 15) is 9.59 Å². The molecule has 3 N–H and O–H groups in total. The summed E-state index contributed by atoms with van der Waals surface area (Å²) in [6.07, 6.45) is 2.97. The summed E-state index contributed by atoms with van der Waals surface area (Å²) < 4.78 is 1.96. The molecule has 0 fully saturated rings. The molecule has 1 aliphatic heterocycles. The molecule has 2 aromatic carbocycles. The number of carbonyl (C=O) groups is 2. The molecule has 4 rings (SSSR count). The molecule has 1 aromatic heterocycles. The second-order valence-corrected chi connectivity index (χ2v) is 6.79. The molecule has 1 aliphatic rings. The fourth-order valence-corrected chi connectivity index (χ4v) is 3.45. The normalized spacial score (nSPS) is 12.7. The summed E-state index contributed by atoms with van der Waals surface area (Å²) in [5, 5.41) is 2.87. The molecule has 0 unspecified atom stereocenters. The lowest BCUT2D eigenvalue weighted by Crippen LogP contribution is -2.18. The van der Waals surface area contributed by atoms with Crippen LogP contribution in [0.2, 0.25) is 0 Å². The average molecular weight is 360 g/mol. The fraction of sp³-hybridized carbons (Fsp3) is 0.190. The van der Waals surface area contributed by atoms with Crippen molar-refractivity contribution >= 4 is 17.5 Å². The SMILES string of the molecule is NC(=O)Cc1c(Cc2ccccc2)ncn1Cc1ccc2c(c1)NC(=O)C2. The van der Waals surface area contributed by atoms with Crippen LogP contribution in [0, 0.1) is 0 Å². The van der Waals surface area contributed by atoms with Gasteiger partial charge in [0.25, 0.3) is 0 Å². The maximum Gasteiger partial charge on any atom is 0.228 e. The van der Waals surface area contributed by atoms with Gasteiger partial charge in [0.15, 0.2) is 0 Å². The minimum atomic E-state index is -0.382. The fourth-order valence-electron chi connectivity index (χ4n) is 3.45. The molecule has 0 saturated heterocycles. The number of primary amides is 1. The first kappa shape index (κ1) is 17.0. The number of hydrogen-bond acceptors (Lipinski definition) is 3. The van der Waals surface area contributed by atoms with Crippen LogP contribution in [-0.2, 0) is 35.4 Å². The predicted molar refractivity (Wildman–Crippen MR) is 102 cm³/mol. The summed E-state index contributed by atoms with van der Waals surface area (Å²) in [6.45, 7) is 0.563. The molecule has 2 heterocycles. The second kappa shape index (κ2) is 7.07. The second-order valence-electron chi connectivity index (χ2n) is 6.79. The largest absolute Gasteiger partial charge is 0.369 e. The van der Waals surface area contributed by atoms with Crippen molar-refractivity contribution in [3.8, 4) is 0 Å². The van der Waals surface area contributed by atoms with E-state index in [1.54, 1.807) is 6.33 Å². The van der Waals surface area contributed by atoms with E-state index in [2.05, 4.69) is 10.3 Å². The van der Waals surface area contributed by atoms with E-state index in [1.165, 1.54) is 0 Å². The van der Waals surface area contributed by atoms with Crippen LogP contribution in [0.5, 0.6) is 0 Å². The first-order chi connectivity index (χ1) is 13.1. The molecule has 0 aliphatic carbocycles. The smallest absolute Gasteiger partial charge is 0.228 e. The highest BCUT2D eigenvalue weighted by Gasteiger charge is 2.18. The summed E-state index contributed by atoms with van der Waals surface area (Å²) in [4.78, 5) is 27.7. The number of anilines is 1. The topological polar surface area (TPSA) is 90.0 Å². The van der Waals surface area contributed by atoms with E-state index in [1.807, 2.05) is 53.1 Å². The van der Waals surface area contributed by atoms with E-state index >= 15 is 0 Å². The number of rotatable bonds is 6. The number of imidazole rings is 1. The van der Waals surface area contributed by atoms with Crippen LogP contribution < -0.4 is 11.1 Å². The van der Waals surface area contributed by atoms with Crippen molar-refractivity contribution in [2.24, 2.45) is 5.73 Å². The lowest BCUT2D eigenvalue weighted by atomic mass is 10.1. The van der Waals surface area contributed by atoms with Gasteiger partial charge in [0.2, 0.25) is 11.8 Å². The third kappa shape index (κ3) is 3.74. The van der Waals surface area contributed by atoms with Gasteiger partial charge in [-0.25, -0.2) is 4.98 Å². The molecule has 3 aromatic rings. The Hall–Kier alpha value is -3.41. The average Bonchev–Trinajstić information content (AvgIpc) is 3.18. The van der Waals surface area contributed by atoms with Crippen molar-refractivity contribution in [2.45, 2.75) is 25.8 Å². The number of nitrogens with zero attached hydrogens (tertiary/aromatic N) is 2. The van der Waals surface area contributed by atoms with Gasteiger partial charge >= 0.3 is 0 Å². The minimum absolute atomic E-state index is 0.0179. The van der Waals surface area contributed by atoms with Gasteiger partial charge in [-0.1, -0.05) is 42.5 Å². The standard InChI is InChI=1S/C21H20N4O2/c22-20(26)11-19-18(8-14-4-2-1-3-5-14)23-13-25(19)12-15-6-7-16-10-21(27)24-17(16)9-15/h1-7,9,13H,8,10-12H2,(H2,22,26)(H,24,27). The van der Waals surface area contributed by atoms with Gasteiger partial charge in [0.05, 0.1) is 30.6 Å². The van der Waals surface area contributed by atoms with E-state index in [0.29, 0.717) is 19.4 Å². The first-order valence-electron chi connectivity index (χ1n) is 8.85. The highest BCUT2D eigenvalue weighted by molar-refractivity contribution is 5.99. The summed E-state index contributed by atoms with van der Waals surface area (Å²) >= 11 is 0. The molecule has 0 spiro atoms. The van der Waals surface area contributed by atoms with Crippen molar-refractivity contribution < 1.29 is 9.59 Å². The molecule has 0 atom stereocenters. The van der Waals surface area contributed by atoms with Gasteiger partial charge in [-0.3, -0.25) is 9.59 Å². The van der Waals surface area contributed by atoms with Gasteiger partial charge in [-0.15, -0.1) is 0 Å². The zero-order chi connectivity index (χ0) is 18.8. The molecule has 6 heteroatoms. The highest BCUT2D eigenvalue weighted by Crippen LogP contribution is 2.25. The number of nitrogens with one attached hydrogen (secondary N) is 1. The van der Waals surface area contributed by atoms with Crippen LogP contribution in [0.15, 0.2) is 54.9 Å². The Morgan fingerprint density at radius 1 is 1.15 bits per heavy atom. The number of fused-ring (bicyclic) bond motifs is 1. The molecule has 2 amide bonds. The number of nitrogens with two attached hydrogens (primary N) is 1. The van der Waals surface area contributed by atoms with Gasteiger partial charge < -0.3 is 15.6 Å². The van der Waals surface area contributed by atoms with Gasteiger partial charge in [-0.2, -0.15) is 0 Å². The van der Waals surface area contributed by atoms with Crippen LogP contribution >= 0.6 is 0 Å². The Bertz CT molecular complexity index is 1010. The van der Waals surface area contributed by atoms with E-state index < -0.39 is 0 Å². The van der Waals surface area contributed by atoms with Crippen molar-refractivity contribution in [1.29, 1.82) is 0 Å². The third-order valence-electron chi connectivity index (χ3n) is 4.74. The molecule has 0 bridgehead atoms. The first-order valence-corrected chi connectivity index (χ1v) is 8.85. The lowest BCUT2D eigenvalue weighted by molar-refractivity contribution is -0.117. The monoisotopic (exact) mass is 360 g/mol. The predicted octanol–water partition coefficient (Wildman–Crippen LogP) is 2.04. The number of hydrogen-bond donors (Lipinski definition) is 2. The Labute approximate surface area is 157 Å². The molecule has 0 saturated carbocycles. The van der Waals surface area contributed by atoms with Crippen LogP contribution in [0.25, 0.3) is 0 Å². The van der Waals surface area contributed by atoms with Gasteiger partial charge in [-0.05, 0) is 22.8 Å². The summed E-state index contributed by atoms with van der Waals surface area (Å²) in [6, 6.07) is 16.0. The molecule has 0 radical (unpaired) electrons. The van der Waals surface area contributed by atoms with Gasteiger partial charge in [0.1, 0.15) is 0 Å². The molecule has 136 valence electrons. The minimum Gasteiger partial charge on any atom is -0.369 e. The van der Waals surface area contributed by atoms with Crippen LogP contribution in [0.3, 0.4) is 0 Å². The Morgan fingerprint density at radius 2 is 1.96 bits per heavy atom. The number of carbonyl (C=O) groups excluding carboxylic acids is 2. The zero-order valence-corrected chi connectivity index (χ0v) is 14.8. The number of benzene rings is 2. The maximum absolute atomic E-state index is 11.6. The maximum atomic E-state index is 11.6. The Balaban J connectivity index is 1.61. The van der Waals surface area contributed by atoms with Crippen molar-refractivity contribution in [3.63, 3.8) is 0 Å².